The van der Waals surface area contributed by atoms with E-state index >= 15 is 0 Å². The average molecular weight is 286 g/mol. The molecule has 1 aliphatic heterocycles. The van der Waals surface area contributed by atoms with Gasteiger partial charge in [-0.25, -0.2) is 4.98 Å². The second-order valence-corrected chi connectivity index (χ2v) is 4.58. The van der Waals surface area contributed by atoms with Gasteiger partial charge in [0.1, 0.15) is 0 Å². The van der Waals surface area contributed by atoms with Gasteiger partial charge in [0.15, 0.2) is 5.69 Å². The number of ether oxygens (including phenoxy) is 3. The summed E-state index contributed by atoms with van der Waals surface area (Å²) in [6.45, 7) is 1.12. The zero-order chi connectivity index (χ0) is 14.8. The Labute approximate surface area is 121 Å². The molecule has 0 saturated carbocycles. The van der Waals surface area contributed by atoms with Crippen molar-refractivity contribution in [2.45, 2.75) is 13.2 Å². The van der Waals surface area contributed by atoms with Crippen molar-refractivity contribution in [3.05, 3.63) is 46.8 Å². The van der Waals surface area contributed by atoms with E-state index in [9.17, 15) is 4.79 Å². The van der Waals surface area contributed by atoms with Gasteiger partial charge in [-0.3, -0.25) is 4.79 Å². The van der Waals surface area contributed by atoms with Gasteiger partial charge in [-0.1, -0.05) is 12.1 Å². The van der Waals surface area contributed by atoms with E-state index in [1.165, 1.54) is 20.4 Å². The molecule has 6 heteroatoms. The Bertz CT molecular complexity index is 700. The topological polar surface area (TPSA) is 70.5 Å². The number of benzene rings is 1. The summed E-state index contributed by atoms with van der Waals surface area (Å²) in [4.78, 5) is 20.7. The minimum absolute atomic E-state index is 0.149. The molecule has 0 N–H and O–H groups in total. The SMILES string of the molecule is COc1cnc(C(=O)c2ccc3c(c2)COC3)c(OC)n1. The first-order chi connectivity index (χ1) is 10.2. The number of fused-ring (bicyclic) bond motifs is 1. The number of methoxy groups -OCH3 is 2. The van der Waals surface area contributed by atoms with Crippen molar-refractivity contribution in [1.29, 1.82) is 0 Å². The van der Waals surface area contributed by atoms with Gasteiger partial charge in [-0.05, 0) is 17.2 Å². The van der Waals surface area contributed by atoms with E-state index in [1.807, 2.05) is 12.1 Å². The lowest BCUT2D eigenvalue weighted by molar-refractivity contribution is 0.103. The lowest BCUT2D eigenvalue weighted by atomic mass is 10.0. The predicted octanol–water partition coefficient (Wildman–Crippen LogP) is 1.75. The Kier molecular flexibility index (Phi) is 3.53. The highest BCUT2D eigenvalue weighted by molar-refractivity contribution is 6.09. The third-order valence-corrected chi connectivity index (χ3v) is 3.32. The third kappa shape index (κ3) is 2.45. The summed E-state index contributed by atoms with van der Waals surface area (Å²) in [5.41, 5.74) is 2.84. The van der Waals surface area contributed by atoms with Crippen molar-refractivity contribution in [1.82, 2.24) is 9.97 Å². The third-order valence-electron chi connectivity index (χ3n) is 3.32. The smallest absolute Gasteiger partial charge is 0.247 e. The van der Waals surface area contributed by atoms with Crippen LogP contribution < -0.4 is 9.47 Å². The second-order valence-electron chi connectivity index (χ2n) is 4.58. The van der Waals surface area contributed by atoms with Crippen LogP contribution in [0.5, 0.6) is 11.8 Å². The van der Waals surface area contributed by atoms with E-state index in [-0.39, 0.29) is 17.4 Å². The van der Waals surface area contributed by atoms with E-state index in [4.69, 9.17) is 14.2 Å². The maximum atomic E-state index is 12.6. The van der Waals surface area contributed by atoms with Crippen LogP contribution in [0.2, 0.25) is 0 Å². The molecule has 21 heavy (non-hydrogen) atoms. The van der Waals surface area contributed by atoms with Crippen molar-refractivity contribution in [2.24, 2.45) is 0 Å². The summed E-state index contributed by atoms with van der Waals surface area (Å²) in [5.74, 6) is 0.207. The molecule has 2 heterocycles. The van der Waals surface area contributed by atoms with Gasteiger partial charge < -0.3 is 14.2 Å². The molecule has 6 nitrogen and oxygen atoms in total. The monoisotopic (exact) mass is 286 g/mol. The predicted molar refractivity (Wildman–Crippen MR) is 73.5 cm³/mol. The normalized spacial score (nSPS) is 12.9. The number of aromatic nitrogens is 2. The fourth-order valence-electron chi connectivity index (χ4n) is 2.20. The molecule has 0 unspecified atom stereocenters. The van der Waals surface area contributed by atoms with Crippen LogP contribution in [0.4, 0.5) is 0 Å². The fourth-order valence-corrected chi connectivity index (χ4v) is 2.20. The van der Waals surface area contributed by atoms with Gasteiger partial charge in [0.25, 0.3) is 0 Å². The first-order valence-electron chi connectivity index (χ1n) is 6.42. The van der Waals surface area contributed by atoms with E-state index < -0.39 is 0 Å². The number of ketones is 1. The van der Waals surface area contributed by atoms with Gasteiger partial charge in [0, 0.05) is 5.56 Å². The molecule has 0 fully saturated rings. The Balaban J connectivity index is 1.98. The zero-order valence-corrected chi connectivity index (χ0v) is 11.8. The molecule has 108 valence electrons. The van der Waals surface area contributed by atoms with E-state index in [2.05, 4.69) is 9.97 Å². The standard InChI is InChI=1S/C15H14N2O4/c1-19-12-6-16-13(15(17-12)20-2)14(18)9-3-4-10-7-21-8-11(10)5-9/h3-6H,7-8H2,1-2H3. The van der Waals surface area contributed by atoms with Crippen molar-refractivity contribution in [2.75, 3.05) is 14.2 Å². The van der Waals surface area contributed by atoms with Crippen LogP contribution in [0.25, 0.3) is 0 Å². The summed E-state index contributed by atoms with van der Waals surface area (Å²) in [5, 5.41) is 0. The Morgan fingerprint density at radius 2 is 2.00 bits per heavy atom. The minimum atomic E-state index is -0.239. The van der Waals surface area contributed by atoms with Crippen LogP contribution in [0.1, 0.15) is 27.2 Å². The van der Waals surface area contributed by atoms with Gasteiger partial charge in [-0.2, -0.15) is 4.98 Å². The van der Waals surface area contributed by atoms with Crippen LogP contribution in [0.3, 0.4) is 0 Å². The Morgan fingerprint density at radius 3 is 2.76 bits per heavy atom. The first-order valence-corrected chi connectivity index (χ1v) is 6.42. The lowest BCUT2D eigenvalue weighted by Crippen LogP contribution is -2.09. The minimum Gasteiger partial charge on any atom is -0.480 e. The molecule has 0 bridgehead atoms. The molecule has 0 amide bonds. The number of rotatable bonds is 4. The van der Waals surface area contributed by atoms with Crippen molar-refractivity contribution in [3.8, 4) is 11.8 Å². The molecule has 1 aliphatic rings. The van der Waals surface area contributed by atoms with Crippen LogP contribution in [-0.2, 0) is 18.0 Å². The number of carbonyl (C=O) groups is 1. The zero-order valence-electron chi connectivity index (χ0n) is 11.8. The summed E-state index contributed by atoms with van der Waals surface area (Å²) in [6, 6.07) is 5.50. The molecular formula is C15H14N2O4. The Morgan fingerprint density at radius 1 is 1.19 bits per heavy atom. The lowest BCUT2D eigenvalue weighted by Gasteiger charge is -2.08. The highest BCUT2D eigenvalue weighted by Gasteiger charge is 2.21. The molecule has 0 atom stereocenters. The molecule has 0 saturated heterocycles. The number of hydrogen-bond acceptors (Lipinski definition) is 6. The summed E-state index contributed by atoms with van der Waals surface area (Å²) in [7, 11) is 2.92. The molecule has 0 aliphatic carbocycles. The van der Waals surface area contributed by atoms with Crippen LogP contribution >= 0.6 is 0 Å². The molecular weight excluding hydrogens is 272 g/mol. The van der Waals surface area contributed by atoms with E-state index in [0.29, 0.717) is 24.7 Å². The van der Waals surface area contributed by atoms with Crippen LogP contribution in [0.15, 0.2) is 24.4 Å². The maximum absolute atomic E-state index is 12.6. The van der Waals surface area contributed by atoms with Crippen molar-refractivity contribution < 1.29 is 19.0 Å². The fraction of sp³-hybridized carbons (Fsp3) is 0.267. The number of nitrogens with zero attached hydrogens (tertiary/aromatic N) is 2. The largest absolute Gasteiger partial charge is 0.480 e. The molecule has 1 aromatic carbocycles. The molecule has 3 rings (SSSR count). The van der Waals surface area contributed by atoms with Gasteiger partial charge in [-0.15, -0.1) is 0 Å². The van der Waals surface area contributed by atoms with Gasteiger partial charge in [0.05, 0.1) is 33.6 Å². The Hall–Kier alpha value is -2.47. The van der Waals surface area contributed by atoms with E-state index in [0.717, 1.165) is 11.1 Å². The quantitative estimate of drug-likeness (QED) is 0.798. The second kappa shape index (κ2) is 5.49. The summed E-state index contributed by atoms with van der Waals surface area (Å²) in [6.07, 6.45) is 1.40. The van der Waals surface area contributed by atoms with Crippen LogP contribution in [0, 0.1) is 0 Å². The molecule has 0 radical (unpaired) electrons. The summed E-state index contributed by atoms with van der Waals surface area (Å²) >= 11 is 0. The van der Waals surface area contributed by atoms with Crippen LogP contribution in [-0.4, -0.2) is 30.0 Å². The van der Waals surface area contributed by atoms with E-state index in [1.54, 1.807) is 6.07 Å². The average Bonchev–Trinajstić information content (AvgIpc) is 3.01. The highest BCUT2D eigenvalue weighted by atomic mass is 16.5. The van der Waals surface area contributed by atoms with Crippen molar-refractivity contribution >= 4 is 5.78 Å². The number of hydrogen-bond donors (Lipinski definition) is 0. The summed E-state index contributed by atoms with van der Waals surface area (Å²) < 4.78 is 15.5. The number of carbonyl (C=O) groups excluding carboxylic acids is 1. The highest BCUT2D eigenvalue weighted by Crippen LogP contribution is 2.24. The molecule has 2 aromatic rings. The van der Waals surface area contributed by atoms with Gasteiger partial charge >= 0.3 is 0 Å². The van der Waals surface area contributed by atoms with Gasteiger partial charge in [0.2, 0.25) is 17.5 Å². The maximum Gasteiger partial charge on any atom is 0.247 e. The van der Waals surface area contributed by atoms with Crippen molar-refractivity contribution in [3.63, 3.8) is 0 Å². The molecule has 0 spiro atoms. The first kappa shape index (κ1) is 13.5. The molecule has 1 aromatic heterocycles.